The van der Waals surface area contributed by atoms with Crippen LogP contribution in [0.4, 0.5) is 26.3 Å². The Morgan fingerprint density at radius 2 is 1.21 bits per heavy atom. The van der Waals surface area contributed by atoms with Crippen LogP contribution in [0.2, 0.25) is 0 Å². The molecule has 2 heterocycles. The van der Waals surface area contributed by atoms with Crippen molar-refractivity contribution in [3.63, 3.8) is 0 Å². The number of nitrogens with zero attached hydrogens (tertiary/aromatic N) is 3. The maximum Gasteiger partial charge on any atom is 0.490 e. The van der Waals surface area contributed by atoms with Gasteiger partial charge in [-0.3, -0.25) is 43.6 Å². The van der Waals surface area contributed by atoms with Crippen LogP contribution >= 0.6 is 0 Å². The van der Waals surface area contributed by atoms with Gasteiger partial charge in [0.2, 0.25) is 23.6 Å². The van der Waals surface area contributed by atoms with E-state index in [1.54, 1.807) is 6.20 Å². The number of hydrogen-bond acceptors (Lipinski definition) is 15. The van der Waals surface area contributed by atoms with E-state index in [1.165, 1.54) is 0 Å². The first kappa shape index (κ1) is 76.0. The van der Waals surface area contributed by atoms with Crippen LogP contribution in [0.5, 0.6) is 0 Å². The molecule has 0 radical (unpaired) electrons. The molecule has 496 valence electrons. The molecule has 1 aliphatic heterocycles. The number of aliphatic carboxylic acids is 2. The van der Waals surface area contributed by atoms with Crippen molar-refractivity contribution in [2.75, 3.05) is 39.3 Å². The summed E-state index contributed by atoms with van der Waals surface area (Å²) < 4.78 is 76.1. The zero-order chi connectivity index (χ0) is 66.6. The number of unbranched alkanes of at least 4 members (excludes halogenated alkanes) is 4. The second-order valence-electron chi connectivity index (χ2n) is 23.8. The average molecular weight is 1270 g/mol. The second-order valence-corrected chi connectivity index (χ2v) is 23.8. The Bertz CT molecular complexity index is 2700. The van der Waals surface area contributed by atoms with E-state index in [4.69, 9.17) is 40.7 Å². The first-order valence-electron chi connectivity index (χ1n) is 29.8. The van der Waals surface area contributed by atoms with E-state index in [0.717, 1.165) is 22.3 Å². The molecule has 4 amide bonds. The maximum absolute atomic E-state index is 15.0. The van der Waals surface area contributed by atoms with Gasteiger partial charge in [0.1, 0.15) is 18.2 Å². The number of ether oxygens (including phenoxy) is 2. The zero-order valence-corrected chi connectivity index (χ0v) is 51.7. The largest absolute Gasteiger partial charge is 0.490 e. The molecular weight excluding hydrogens is 1180 g/mol. The van der Waals surface area contributed by atoms with E-state index >= 15 is 4.79 Å². The van der Waals surface area contributed by atoms with Gasteiger partial charge >= 0.3 is 36.2 Å². The number of rotatable bonds is 29. The summed E-state index contributed by atoms with van der Waals surface area (Å²) in [6.45, 7) is 16.8. The number of carbonyl (C=O) groups is 8. The van der Waals surface area contributed by atoms with Gasteiger partial charge in [0, 0.05) is 88.9 Å². The topological polar surface area (TPSA) is 315 Å². The third-order valence-corrected chi connectivity index (χ3v) is 14.5. The van der Waals surface area contributed by atoms with Gasteiger partial charge in [-0.25, -0.2) is 9.59 Å². The van der Waals surface area contributed by atoms with Crippen molar-refractivity contribution in [2.45, 2.75) is 180 Å². The summed E-state index contributed by atoms with van der Waals surface area (Å²) in [6.07, 6.45) is -2.94. The lowest BCUT2D eigenvalue weighted by atomic mass is 9.91. The van der Waals surface area contributed by atoms with Gasteiger partial charge in [0.25, 0.3) is 0 Å². The normalized spacial score (nSPS) is 17.4. The molecule has 21 nitrogen and oxygen atoms in total. The Morgan fingerprint density at radius 3 is 1.73 bits per heavy atom. The summed E-state index contributed by atoms with van der Waals surface area (Å²) in [4.78, 5) is 108. The Kier molecular flexibility index (Phi) is 31.7. The molecule has 2 aliphatic rings. The van der Waals surface area contributed by atoms with Gasteiger partial charge in [-0.2, -0.15) is 26.3 Å². The molecule has 3 aromatic rings. The number of fused-ring (bicyclic) bond motifs is 1. The van der Waals surface area contributed by atoms with Gasteiger partial charge in [-0.1, -0.05) is 101 Å². The Morgan fingerprint density at radius 1 is 0.685 bits per heavy atom. The van der Waals surface area contributed by atoms with Crippen molar-refractivity contribution in [1.82, 2.24) is 36.1 Å². The van der Waals surface area contributed by atoms with Gasteiger partial charge in [-0.05, 0) is 99.5 Å². The Hall–Kier alpha value is -7.23. The minimum absolute atomic E-state index is 0.0155. The third kappa shape index (κ3) is 28.9. The number of nitrogens with one attached hydrogen (secondary N) is 4. The van der Waals surface area contributed by atoms with Crippen LogP contribution in [-0.4, -0.2) is 160 Å². The van der Waals surface area contributed by atoms with Crippen molar-refractivity contribution < 1.29 is 84.4 Å². The number of benzene rings is 2. The number of carboxylic acid groups (broad SMARTS) is 2. The highest BCUT2D eigenvalue weighted by Gasteiger charge is 2.41. The fraction of sp³-hybridized carbons (Fsp3) is 0.597. The minimum atomic E-state index is -5.08. The summed E-state index contributed by atoms with van der Waals surface area (Å²) in [5.74, 6) is -7.73. The fourth-order valence-corrected chi connectivity index (χ4v) is 9.60. The van der Waals surface area contributed by atoms with E-state index in [-0.39, 0.29) is 67.2 Å². The average Bonchev–Trinajstić information content (AvgIpc) is 3.01. The standard InChI is InChI=1S/C58H87N9O8.2C2HF3O2/c1-39(2)51(59)56(72)62-28-17-9-13-25-49(68)74-45(37-67-31-30-66(36-42-22-19-27-61-35-42)38-47(67)55(71)65-58(5,6)7)33-44(32-41-20-11-8-12-21-41)54(70)64-53-46-24-16-15-23-43(46)34-48(53)75-50(69)26-14-10-18-29-63-57(73)52(60)40(3)4;2*3-2(4,5)1(6)7/h8,11-12,15-16,19-24,27,35,39-40,44-45,47-48,51-53H,9-10,13-14,17-18,25-26,28-34,36-38,59-60H2,1-7H3,(H,62,72)(H,63,73)(H,64,70)(H,65,71);2*(H,6,7)/t44-,45-,47+,48-,51+,52+,53+;;/m1../s1. The molecule has 0 unspecified atom stereocenters. The predicted octanol–water partition coefficient (Wildman–Crippen LogP) is 6.56. The minimum Gasteiger partial charge on any atom is -0.475 e. The summed E-state index contributed by atoms with van der Waals surface area (Å²) in [7, 11) is 0. The summed E-state index contributed by atoms with van der Waals surface area (Å²) in [6, 6.07) is 19.1. The molecule has 1 saturated heterocycles. The van der Waals surface area contributed by atoms with Crippen molar-refractivity contribution in [3.8, 4) is 0 Å². The molecular formula is C62H89F6N9O12. The molecule has 5 rings (SSSR count). The predicted molar refractivity (Wildman–Crippen MR) is 318 cm³/mol. The summed E-state index contributed by atoms with van der Waals surface area (Å²) in [5.41, 5.74) is 15.3. The van der Waals surface area contributed by atoms with Gasteiger partial charge in [-0.15, -0.1) is 0 Å². The first-order valence-corrected chi connectivity index (χ1v) is 29.8. The number of pyridine rings is 1. The molecule has 27 heteroatoms. The van der Waals surface area contributed by atoms with E-state index in [1.807, 2.05) is 121 Å². The number of nitrogens with two attached hydrogens (primary N) is 2. The highest BCUT2D eigenvalue weighted by molar-refractivity contribution is 5.83. The zero-order valence-electron chi connectivity index (χ0n) is 51.7. The van der Waals surface area contributed by atoms with Crippen LogP contribution in [0.15, 0.2) is 79.1 Å². The summed E-state index contributed by atoms with van der Waals surface area (Å²) in [5, 5.41) is 26.5. The Balaban J connectivity index is 0.00000132. The lowest BCUT2D eigenvalue weighted by Crippen LogP contribution is -2.62. The quantitative estimate of drug-likeness (QED) is 0.0207. The van der Waals surface area contributed by atoms with Crippen LogP contribution in [0, 0.1) is 17.8 Å². The number of piperazine rings is 1. The molecule has 0 spiro atoms. The third-order valence-electron chi connectivity index (χ3n) is 14.5. The maximum atomic E-state index is 15.0. The molecule has 1 aliphatic carbocycles. The number of carboxylic acids is 2. The molecule has 1 aromatic heterocycles. The van der Waals surface area contributed by atoms with Crippen LogP contribution in [0.3, 0.4) is 0 Å². The van der Waals surface area contributed by atoms with Gasteiger partial charge in [0.15, 0.2) is 0 Å². The molecule has 2 aromatic carbocycles. The van der Waals surface area contributed by atoms with E-state index in [2.05, 4.69) is 36.1 Å². The second kappa shape index (κ2) is 37.1. The fourth-order valence-electron chi connectivity index (χ4n) is 9.60. The number of carbonyl (C=O) groups excluding carboxylic acids is 6. The number of amides is 4. The van der Waals surface area contributed by atoms with Gasteiger partial charge < -0.3 is 52.4 Å². The smallest absolute Gasteiger partial charge is 0.475 e. The van der Waals surface area contributed by atoms with Crippen molar-refractivity contribution in [1.29, 1.82) is 0 Å². The van der Waals surface area contributed by atoms with Crippen molar-refractivity contribution in [3.05, 3.63) is 101 Å². The number of alkyl halides is 6. The first-order chi connectivity index (χ1) is 41.7. The molecule has 1 fully saturated rings. The van der Waals surface area contributed by atoms with Crippen molar-refractivity contribution in [2.24, 2.45) is 29.2 Å². The number of hydrogen-bond donors (Lipinski definition) is 8. The molecule has 0 saturated carbocycles. The monoisotopic (exact) mass is 1270 g/mol. The number of esters is 2. The van der Waals surface area contributed by atoms with E-state index in [9.17, 15) is 50.3 Å². The molecule has 0 bridgehead atoms. The lowest BCUT2D eigenvalue weighted by Gasteiger charge is -2.42. The van der Waals surface area contributed by atoms with Crippen molar-refractivity contribution >= 4 is 47.5 Å². The summed E-state index contributed by atoms with van der Waals surface area (Å²) >= 11 is 0. The molecule has 10 N–H and O–H groups in total. The van der Waals surface area contributed by atoms with Gasteiger partial charge in [0.05, 0.1) is 18.1 Å². The van der Waals surface area contributed by atoms with Crippen LogP contribution in [-0.2, 0) is 67.2 Å². The SMILES string of the molecule is CC(C)[C@H](N)C(=O)NCCCCCC(=O)O[C@H](C[C@@H](Cc1ccccc1)C(=O)N[C@H]1c2ccccc2C[C@H]1OC(=O)CCCCCNC(=O)[C@@H](N)C(C)C)CN1CCN(Cc2cccnc2)C[C@H]1C(=O)NC(C)(C)C.O=C(O)C(F)(F)F.O=C(O)C(F)(F)F. The number of aromatic nitrogens is 1. The Labute approximate surface area is 516 Å². The van der Waals surface area contributed by atoms with E-state index < -0.39 is 78.1 Å². The van der Waals surface area contributed by atoms with Crippen LogP contribution in [0.25, 0.3) is 0 Å². The molecule has 7 atom stereocenters. The highest BCUT2D eigenvalue weighted by atomic mass is 19.4. The molecule has 89 heavy (non-hydrogen) atoms. The number of halogens is 6. The van der Waals surface area contributed by atoms with E-state index in [0.29, 0.717) is 90.6 Å². The van der Waals surface area contributed by atoms with Crippen LogP contribution in [0.1, 0.15) is 135 Å². The lowest BCUT2D eigenvalue weighted by molar-refractivity contribution is -0.193. The van der Waals surface area contributed by atoms with Crippen LogP contribution < -0.4 is 32.7 Å². The highest BCUT2D eigenvalue weighted by Crippen LogP contribution is 2.35.